The molecule has 1 atom stereocenters. The van der Waals surface area contributed by atoms with Gasteiger partial charge in [0.2, 0.25) is 11.8 Å². The van der Waals surface area contributed by atoms with E-state index in [4.69, 9.17) is 0 Å². The molecule has 0 spiro atoms. The van der Waals surface area contributed by atoms with Crippen molar-refractivity contribution in [2.75, 3.05) is 11.4 Å². The first-order valence-corrected chi connectivity index (χ1v) is 9.30. The van der Waals surface area contributed by atoms with E-state index in [1.807, 2.05) is 36.4 Å². The molecule has 2 heterocycles. The van der Waals surface area contributed by atoms with Crippen LogP contribution in [0.25, 0.3) is 11.3 Å². The van der Waals surface area contributed by atoms with Gasteiger partial charge in [0.25, 0.3) is 0 Å². The fourth-order valence-corrected chi connectivity index (χ4v) is 3.36. The average Bonchev–Trinajstić information content (AvgIpc) is 3.15. The molecule has 1 unspecified atom stereocenters. The molecule has 6 nitrogen and oxygen atoms in total. The second-order valence-electron chi connectivity index (χ2n) is 6.86. The predicted octanol–water partition coefficient (Wildman–Crippen LogP) is 2.95. The summed E-state index contributed by atoms with van der Waals surface area (Å²) >= 11 is 0. The maximum Gasteiger partial charge on any atom is 0.227 e. The third kappa shape index (κ3) is 4.29. The summed E-state index contributed by atoms with van der Waals surface area (Å²) in [7, 11) is 0. The highest BCUT2D eigenvalue weighted by Gasteiger charge is 2.35. The third-order valence-corrected chi connectivity index (χ3v) is 4.85. The lowest BCUT2D eigenvalue weighted by Gasteiger charge is -2.16. The third-order valence-electron chi connectivity index (χ3n) is 4.85. The van der Waals surface area contributed by atoms with Crippen molar-refractivity contribution >= 4 is 17.5 Å². The van der Waals surface area contributed by atoms with Gasteiger partial charge in [0.1, 0.15) is 12.1 Å². The van der Waals surface area contributed by atoms with Crippen LogP contribution in [0.3, 0.4) is 0 Å². The number of nitrogens with zero attached hydrogens (tertiary/aromatic N) is 3. The molecule has 1 fully saturated rings. The Labute approximate surface area is 167 Å². The molecule has 0 saturated carbocycles. The van der Waals surface area contributed by atoms with Gasteiger partial charge in [-0.3, -0.25) is 9.59 Å². The van der Waals surface area contributed by atoms with Gasteiger partial charge in [0, 0.05) is 24.2 Å². The Morgan fingerprint density at radius 2 is 1.93 bits per heavy atom. The minimum Gasteiger partial charge on any atom is -0.350 e. The van der Waals surface area contributed by atoms with Crippen LogP contribution in [0.5, 0.6) is 0 Å². The summed E-state index contributed by atoms with van der Waals surface area (Å²) in [6, 6.07) is 17.4. The number of hydrogen-bond acceptors (Lipinski definition) is 4. The first-order valence-electron chi connectivity index (χ1n) is 9.30. The molecule has 4 rings (SSSR count). The van der Waals surface area contributed by atoms with Crippen molar-refractivity contribution < 1.29 is 14.0 Å². The zero-order valence-corrected chi connectivity index (χ0v) is 15.6. The average molecular weight is 390 g/mol. The molecule has 0 aliphatic carbocycles. The normalized spacial score (nSPS) is 16.1. The molecule has 0 bridgehead atoms. The zero-order chi connectivity index (χ0) is 20.2. The highest BCUT2D eigenvalue weighted by atomic mass is 19.1. The van der Waals surface area contributed by atoms with E-state index in [1.165, 1.54) is 23.4 Å². The Kier molecular flexibility index (Phi) is 5.29. The zero-order valence-electron chi connectivity index (χ0n) is 15.6. The molecule has 1 saturated heterocycles. The van der Waals surface area contributed by atoms with Crippen molar-refractivity contribution in [3.63, 3.8) is 0 Å². The lowest BCUT2D eigenvalue weighted by atomic mass is 10.1. The fourth-order valence-electron chi connectivity index (χ4n) is 3.36. The number of carbonyl (C=O) groups is 2. The Morgan fingerprint density at radius 3 is 2.72 bits per heavy atom. The maximum absolute atomic E-state index is 13.4. The molecule has 2 amide bonds. The van der Waals surface area contributed by atoms with Gasteiger partial charge in [-0.2, -0.15) is 0 Å². The molecule has 1 aromatic heterocycles. The molecule has 29 heavy (non-hydrogen) atoms. The van der Waals surface area contributed by atoms with Crippen molar-refractivity contribution in [1.29, 1.82) is 0 Å². The summed E-state index contributed by atoms with van der Waals surface area (Å²) in [5.74, 6) is -1.32. The van der Waals surface area contributed by atoms with Crippen LogP contribution >= 0.6 is 0 Å². The Morgan fingerprint density at radius 1 is 1.10 bits per heavy atom. The number of rotatable bonds is 5. The van der Waals surface area contributed by atoms with Crippen LogP contribution in [0.1, 0.15) is 12.1 Å². The number of nitrogens with one attached hydrogen (secondary N) is 1. The van der Waals surface area contributed by atoms with Gasteiger partial charge in [-0.05, 0) is 24.3 Å². The summed E-state index contributed by atoms with van der Waals surface area (Å²) in [5, 5.41) is 2.84. The monoisotopic (exact) mass is 390 g/mol. The van der Waals surface area contributed by atoms with E-state index < -0.39 is 11.7 Å². The van der Waals surface area contributed by atoms with Crippen LogP contribution in [-0.2, 0) is 16.1 Å². The predicted molar refractivity (Wildman–Crippen MR) is 106 cm³/mol. The lowest BCUT2D eigenvalue weighted by Crippen LogP contribution is -2.32. The van der Waals surface area contributed by atoms with E-state index in [0.717, 1.165) is 11.3 Å². The van der Waals surface area contributed by atoms with Crippen molar-refractivity contribution in [1.82, 2.24) is 15.3 Å². The van der Waals surface area contributed by atoms with Crippen LogP contribution < -0.4 is 10.2 Å². The van der Waals surface area contributed by atoms with E-state index >= 15 is 0 Å². The van der Waals surface area contributed by atoms with E-state index in [0.29, 0.717) is 11.4 Å². The molecule has 146 valence electrons. The van der Waals surface area contributed by atoms with Crippen molar-refractivity contribution in [2.24, 2.45) is 5.92 Å². The van der Waals surface area contributed by atoms with Gasteiger partial charge >= 0.3 is 0 Å². The summed E-state index contributed by atoms with van der Waals surface area (Å²) < 4.78 is 13.4. The smallest absolute Gasteiger partial charge is 0.227 e. The number of hydrogen-bond donors (Lipinski definition) is 1. The number of carbonyl (C=O) groups excluding carboxylic acids is 2. The van der Waals surface area contributed by atoms with E-state index in [9.17, 15) is 14.0 Å². The maximum atomic E-state index is 13.4. The molecule has 0 radical (unpaired) electrons. The van der Waals surface area contributed by atoms with Gasteiger partial charge in [-0.15, -0.1) is 0 Å². The molecular formula is C22H19FN4O2. The quantitative estimate of drug-likeness (QED) is 0.727. The number of anilines is 1. The number of halogens is 1. The van der Waals surface area contributed by atoms with E-state index in [1.54, 1.807) is 12.1 Å². The van der Waals surface area contributed by atoms with Crippen molar-refractivity contribution in [3.05, 3.63) is 78.5 Å². The van der Waals surface area contributed by atoms with Crippen LogP contribution in [0.2, 0.25) is 0 Å². The second-order valence-corrected chi connectivity index (χ2v) is 6.86. The number of benzene rings is 2. The molecule has 2 aromatic carbocycles. The highest BCUT2D eigenvalue weighted by molar-refractivity contribution is 6.00. The Bertz CT molecular complexity index is 1040. The van der Waals surface area contributed by atoms with Crippen molar-refractivity contribution in [3.8, 4) is 11.3 Å². The standard InChI is InChI=1S/C22H19FN4O2/c23-17-7-4-8-19(10-17)27-13-16(9-21(27)28)22(29)24-12-18-11-20(26-14-25-18)15-5-2-1-3-6-15/h1-8,10-11,14,16H,9,12-13H2,(H,24,29). The van der Waals surface area contributed by atoms with Crippen LogP contribution in [0.15, 0.2) is 67.0 Å². The Balaban J connectivity index is 1.39. The molecule has 1 N–H and O–H groups in total. The molecule has 1 aliphatic heterocycles. The van der Waals surface area contributed by atoms with Crippen LogP contribution in [0.4, 0.5) is 10.1 Å². The van der Waals surface area contributed by atoms with E-state index in [2.05, 4.69) is 15.3 Å². The Hall–Kier alpha value is -3.61. The largest absolute Gasteiger partial charge is 0.350 e. The molecule has 3 aromatic rings. The summed E-state index contributed by atoms with van der Waals surface area (Å²) in [6.45, 7) is 0.471. The SMILES string of the molecule is O=C(NCc1cc(-c2ccccc2)ncn1)C1CC(=O)N(c2cccc(F)c2)C1. The molecule has 7 heteroatoms. The van der Waals surface area contributed by atoms with E-state index in [-0.39, 0.29) is 31.3 Å². The number of aromatic nitrogens is 2. The van der Waals surface area contributed by atoms with Gasteiger partial charge in [-0.1, -0.05) is 36.4 Å². The van der Waals surface area contributed by atoms with Gasteiger partial charge in [-0.25, -0.2) is 14.4 Å². The lowest BCUT2D eigenvalue weighted by molar-refractivity contribution is -0.126. The van der Waals surface area contributed by atoms with Gasteiger partial charge in [0.05, 0.1) is 23.9 Å². The first kappa shape index (κ1) is 18.7. The minimum absolute atomic E-state index is 0.0986. The minimum atomic E-state index is -0.485. The van der Waals surface area contributed by atoms with Crippen molar-refractivity contribution in [2.45, 2.75) is 13.0 Å². The highest BCUT2D eigenvalue weighted by Crippen LogP contribution is 2.25. The summed E-state index contributed by atoms with van der Waals surface area (Å²) in [6.07, 6.45) is 1.57. The van der Waals surface area contributed by atoms with Gasteiger partial charge in [0.15, 0.2) is 0 Å². The first-order chi connectivity index (χ1) is 14.1. The van der Waals surface area contributed by atoms with Crippen LogP contribution in [0, 0.1) is 11.7 Å². The van der Waals surface area contributed by atoms with Gasteiger partial charge < -0.3 is 10.2 Å². The fraction of sp³-hybridized carbons (Fsp3) is 0.182. The summed E-state index contributed by atoms with van der Waals surface area (Å²) in [4.78, 5) is 34.8. The van der Waals surface area contributed by atoms with Crippen LogP contribution in [-0.4, -0.2) is 28.3 Å². The number of amides is 2. The topological polar surface area (TPSA) is 75.2 Å². The summed E-state index contributed by atoms with van der Waals surface area (Å²) in [5.41, 5.74) is 2.89. The molecule has 1 aliphatic rings. The molecular weight excluding hydrogens is 371 g/mol. The second kappa shape index (κ2) is 8.18.